The average molecular weight is 298 g/mol. The Labute approximate surface area is 131 Å². The van der Waals surface area contributed by atoms with Crippen LogP contribution in [-0.4, -0.2) is 34.1 Å². The summed E-state index contributed by atoms with van der Waals surface area (Å²) in [6.07, 6.45) is 0. The Balaban J connectivity index is 2.15. The van der Waals surface area contributed by atoms with Crippen LogP contribution in [0, 0.1) is 13.8 Å². The maximum absolute atomic E-state index is 12.2. The monoisotopic (exact) mass is 298 g/mol. The van der Waals surface area contributed by atoms with Crippen molar-refractivity contribution in [1.29, 1.82) is 0 Å². The molecule has 0 aliphatic carbocycles. The topological polar surface area (TPSA) is 58.1 Å². The van der Waals surface area contributed by atoms with Crippen LogP contribution in [0.3, 0.4) is 0 Å². The average Bonchev–Trinajstić information content (AvgIpc) is 2.53. The van der Waals surface area contributed by atoms with Gasteiger partial charge in [-0.3, -0.25) is 4.79 Å². The number of nitrogens with zero attached hydrogens (tertiary/aromatic N) is 3. The largest absolute Gasteiger partial charge is 0.339 e. The summed E-state index contributed by atoms with van der Waals surface area (Å²) >= 11 is 0. The maximum Gasteiger partial charge on any atom is 0.274 e. The van der Waals surface area contributed by atoms with Gasteiger partial charge in [0.2, 0.25) is 0 Å². The minimum atomic E-state index is -0.0872. The molecule has 5 nitrogen and oxygen atoms in total. The van der Waals surface area contributed by atoms with Crippen LogP contribution in [0.15, 0.2) is 30.3 Å². The number of amides is 1. The fraction of sp³-hybridized carbons (Fsp3) is 0.353. The third-order valence-corrected chi connectivity index (χ3v) is 3.80. The third-order valence-electron chi connectivity index (χ3n) is 3.80. The molecule has 0 aliphatic rings. The van der Waals surface area contributed by atoms with Gasteiger partial charge in [0, 0.05) is 18.8 Å². The molecular weight excluding hydrogens is 276 g/mol. The first kappa shape index (κ1) is 15.9. The molecule has 1 aromatic heterocycles. The van der Waals surface area contributed by atoms with Gasteiger partial charge < -0.3 is 10.2 Å². The van der Waals surface area contributed by atoms with Crippen LogP contribution in [-0.2, 0) is 0 Å². The van der Waals surface area contributed by atoms with E-state index >= 15 is 0 Å². The van der Waals surface area contributed by atoms with Crippen molar-refractivity contribution < 1.29 is 4.79 Å². The second kappa shape index (κ2) is 7.02. The Hall–Kier alpha value is -2.43. The molecular formula is C17H22N4O. The van der Waals surface area contributed by atoms with Gasteiger partial charge in [-0.2, -0.15) is 0 Å². The lowest BCUT2D eigenvalue weighted by Gasteiger charge is -2.17. The molecule has 1 heterocycles. The summed E-state index contributed by atoms with van der Waals surface area (Å²) in [6.45, 7) is 9.36. The highest BCUT2D eigenvalue weighted by Crippen LogP contribution is 2.21. The van der Waals surface area contributed by atoms with Gasteiger partial charge in [0.15, 0.2) is 11.5 Å². The molecule has 1 N–H and O–H groups in total. The smallest absolute Gasteiger partial charge is 0.274 e. The van der Waals surface area contributed by atoms with Crippen molar-refractivity contribution in [3.05, 3.63) is 47.2 Å². The van der Waals surface area contributed by atoms with E-state index in [1.54, 1.807) is 17.0 Å². The van der Waals surface area contributed by atoms with Gasteiger partial charge >= 0.3 is 0 Å². The summed E-state index contributed by atoms with van der Waals surface area (Å²) in [7, 11) is 0. The summed E-state index contributed by atoms with van der Waals surface area (Å²) in [5, 5.41) is 11.4. The number of nitrogens with one attached hydrogen (secondary N) is 1. The van der Waals surface area contributed by atoms with Gasteiger partial charge in [-0.15, -0.1) is 10.2 Å². The number of carbonyl (C=O) groups is 1. The number of aryl methyl sites for hydroxylation is 1. The highest BCUT2D eigenvalue weighted by molar-refractivity contribution is 5.92. The number of hydrogen-bond donors (Lipinski definition) is 1. The zero-order valence-corrected chi connectivity index (χ0v) is 13.6. The number of hydrogen-bond acceptors (Lipinski definition) is 4. The minimum Gasteiger partial charge on any atom is -0.339 e. The quantitative estimate of drug-likeness (QED) is 0.920. The van der Waals surface area contributed by atoms with E-state index < -0.39 is 0 Å². The van der Waals surface area contributed by atoms with E-state index in [1.807, 2.05) is 26.0 Å². The number of carbonyl (C=O) groups excluding carboxylic acids is 1. The summed E-state index contributed by atoms with van der Waals surface area (Å²) in [5.41, 5.74) is 3.76. The molecule has 0 saturated carbocycles. The van der Waals surface area contributed by atoms with Gasteiger partial charge in [-0.25, -0.2) is 0 Å². The van der Waals surface area contributed by atoms with E-state index in [-0.39, 0.29) is 5.91 Å². The molecule has 0 aliphatic heterocycles. The number of anilines is 2. The van der Waals surface area contributed by atoms with Crippen molar-refractivity contribution in [2.24, 2.45) is 0 Å². The van der Waals surface area contributed by atoms with Crippen LogP contribution in [0.25, 0.3) is 0 Å². The van der Waals surface area contributed by atoms with E-state index in [1.165, 1.54) is 11.1 Å². The molecule has 0 saturated heterocycles. The molecule has 5 heteroatoms. The molecule has 2 rings (SSSR count). The third kappa shape index (κ3) is 3.42. The summed E-state index contributed by atoms with van der Waals surface area (Å²) in [5.74, 6) is 0.542. The van der Waals surface area contributed by atoms with Crippen molar-refractivity contribution in [1.82, 2.24) is 15.1 Å². The predicted octanol–water partition coefficient (Wildman–Crippen LogP) is 3.32. The first-order valence-electron chi connectivity index (χ1n) is 7.53. The molecule has 0 fully saturated rings. The fourth-order valence-corrected chi connectivity index (χ4v) is 2.21. The number of benzene rings is 1. The lowest BCUT2D eigenvalue weighted by molar-refractivity contribution is 0.0766. The normalized spacial score (nSPS) is 10.4. The molecule has 22 heavy (non-hydrogen) atoms. The molecule has 0 unspecified atom stereocenters. The molecule has 0 atom stereocenters. The predicted molar refractivity (Wildman–Crippen MR) is 88.5 cm³/mol. The van der Waals surface area contributed by atoms with Crippen LogP contribution in [0.4, 0.5) is 11.5 Å². The van der Waals surface area contributed by atoms with Crippen LogP contribution < -0.4 is 5.32 Å². The molecule has 1 amide bonds. The lowest BCUT2D eigenvalue weighted by Crippen LogP contribution is -2.31. The number of aromatic nitrogens is 2. The molecule has 1 aromatic carbocycles. The maximum atomic E-state index is 12.2. The Bertz CT molecular complexity index is 648. The second-order valence-corrected chi connectivity index (χ2v) is 5.15. The SMILES string of the molecule is CCN(CC)C(=O)c1ccc(Nc2cccc(C)c2C)nn1. The highest BCUT2D eigenvalue weighted by atomic mass is 16.2. The first-order chi connectivity index (χ1) is 10.6. The van der Waals surface area contributed by atoms with Crippen molar-refractivity contribution in [3.8, 4) is 0 Å². The van der Waals surface area contributed by atoms with Gasteiger partial charge in [0.05, 0.1) is 0 Å². The van der Waals surface area contributed by atoms with Crippen LogP contribution in [0.1, 0.15) is 35.5 Å². The van der Waals surface area contributed by atoms with E-state index in [9.17, 15) is 4.79 Å². The van der Waals surface area contributed by atoms with Gasteiger partial charge in [0.1, 0.15) is 0 Å². The van der Waals surface area contributed by atoms with Crippen LogP contribution in [0.5, 0.6) is 0 Å². The van der Waals surface area contributed by atoms with Gasteiger partial charge in [-0.1, -0.05) is 12.1 Å². The Morgan fingerprint density at radius 3 is 2.41 bits per heavy atom. The van der Waals surface area contributed by atoms with Crippen molar-refractivity contribution >= 4 is 17.4 Å². The van der Waals surface area contributed by atoms with E-state index in [0.29, 0.717) is 24.6 Å². The van der Waals surface area contributed by atoms with E-state index in [0.717, 1.165) is 5.69 Å². The molecule has 0 spiro atoms. The fourth-order valence-electron chi connectivity index (χ4n) is 2.21. The van der Waals surface area contributed by atoms with Crippen molar-refractivity contribution in [2.75, 3.05) is 18.4 Å². The Morgan fingerprint density at radius 2 is 1.82 bits per heavy atom. The van der Waals surface area contributed by atoms with Crippen LogP contribution >= 0.6 is 0 Å². The van der Waals surface area contributed by atoms with E-state index in [2.05, 4.69) is 35.4 Å². The lowest BCUT2D eigenvalue weighted by atomic mass is 10.1. The highest BCUT2D eigenvalue weighted by Gasteiger charge is 2.14. The molecule has 116 valence electrons. The summed E-state index contributed by atoms with van der Waals surface area (Å²) in [6, 6.07) is 9.56. The Kier molecular flexibility index (Phi) is 5.09. The number of rotatable bonds is 5. The molecule has 0 radical (unpaired) electrons. The van der Waals surface area contributed by atoms with E-state index in [4.69, 9.17) is 0 Å². The second-order valence-electron chi connectivity index (χ2n) is 5.15. The minimum absolute atomic E-state index is 0.0872. The summed E-state index contributed by atoms with van der Waals surface area (Å²) in [4.78, 5) is 13.9. The van der Waals surface area contributed by atoms with Gasteiger partial charge in [-0.05, 0) is 57.0 Å². The van der Waals surface area contributed by atoms with Crippen LogP contribution in [0.2, 0.25) is 0 Å². The molecule has 0 bridgehead atoms. The van der Waals surface area contributed by atoms with Crippen molar-refractivity contribution in [2.45, 2.75) is 27.7 Å². The van der Waals surface area contributed by atoms with Crippen molar-refractivity contribution in [3.63, 3.8) is 0 Å². The molecule has 2 aromatic rings. The first-order valence-corrected chi connectivity index (χ1v) is 7.53. The summed E-state index contributed by atoms with van der Waals surface area (Å²) < 4.78 is 0. The Morgan fingerprint density at radius 1 is 1.09 bits per heavy atom. The zero-order chi connectivity index (χ0) is 16.1. The standard InChI is InChI=1S/C17H22N4O/c1-5-21(6-2)17(22)15-10-11-16(20-19-15)18-14-9-7-8-12(3)13(14)4/h7-11H,5-6H2,1-4H3,(H,18,20). The van der Waals surface area contributed by atoms with Gasteiger partial charge in [0.25, 0.3) is 5.91 Å². The zero-order valence-electron chi connectivity index (χ0n) is 13.6.